The van der Waals surface area contributed by atoms with Crippen LogP contribution >= 0.6 is 0 Å². The molecule has 0 saturated heterocycles. The molecule has 0 bridgehead atoms. The maximum atomic E-state index is 5.81. The molecular weight excluding hydrogens is 290 g/mol. The van der Waals surface area contributed by atoms with Crippen molar-refractivity contribution in [3.05, 3.63) is 54.1 Å². The maximum Gasteiger partial charge on any atom is 0.190 e. The first-order valence-corrected chi connectivity index (χ1v) is 7.54. The molecule has 0 aromatic heterocycles. The van der Waals surface area contributed by atoms with Gasteiger partial charge >= 0.3 is 0 Å². The monoisotopic (exact) mass is 313 g/mol. The summed E-state index contributed by atoms with van der Waals surface area (Å²) in [5, 5.41) is 6.22. The first-order valence-electron chi connectivity index (χ1n) is 7.54. The molecule has 0 aliphatic heterocycles. The van der Waals surface area contributed by atoms with Crippen LogP contribution in [0.25, 0.3) is 0 Å². The van der Waals surface area contributed by atoms with Crippen LogP contribution in [0, 0.1) is 0 Å². The van der Waals surface area contributed by atoms with Crippen molar-refractivity contribution in [3.63, 3.8) is 0 Å². The van der Waals surface area contributed by atoms with Gasteiger partial charge < -0.3 is 20.1 Å². The minimum Gasteiger partial charge on any atom is -0.497 e. The average molecular weight is 313 g/mol. The number of benzene rings is 2. The number of nitrogens with zero attached hydrogens (tertiary/aromatic N) is 1. The third kappa shape index (κ3) is 5.21. The fourth-order valence-corrected chi connectivity index (χ4v) is 2.11. The Morgan fingerprint density at radius 3 is 2.04 bits per heavy atom. The van der Waals surface area contributed by atoms with Gasteiger partial charge in [-0.1, -0.05) is 12.1 Å². The van der Waals surface area contributed by atoms with Gasteiger partial charge in [0.1, 0.15) is 17.2 Å². The van der Waals surface area contributed by atoms with E-state index in [-0.39, 0.29) is 0 Å². The Kier molecular flexibility index (Phi) is 6.29. The molecule has 0 spiro atoms. The highest BCUT2D eigenvalue weighted by molar-refractivity contribution is 5.79. The molecule has 0 heterocycles. The normalized spacial score (nSPS) is 11.0. The summed E-state index contributed by atoms with van der Waals surface area (Å²) in [5.74, 6) is 3.22. The molecule has 0 radical (unpaired) electrons. The van der Waals surface area contributed by atoms with Gasteiger partial charge in [-0.05, 0) is 48.4 Å². The Morgan fingerprint density at radius 2 is 1.52 bits per heavy atom. The van der Waals surface area contributed by atoms with Crippen LogP contribution < -0.4 is 20.1 Å². The van der Waals surface area contributed by atoms with E-state index in [1.54, 1.807) is 14.2 Å². The Bertz CT molecular complexity index is 622. The molecule has 0 aliphatic rings. The fourth-order valence-electron chi connectivity index (χ4n) is 2.11. The van der Waals surface area contributed by atoms with Gasteiger partial charge in [-0.3, -0.25) is 4.99 Å². The smallest absolute Gasteiger partial charge is 0.190 e. The van der Waals surface area contributed by atoms with Gasteiger partial charge in [-0.25, -0.2) is 0 Å². The van der Waals surface area contributed by atoms with Crippen LogP contribution in [0.2, 0.25) is 0 Å². The molecule has 2 aromatic carbocycles. The molecule has 122 valence electrons. The summed E-state index contributed by atoms with van der Waals surface area (Å²) >= 11 is 0. The van der Waals surface area contributed by atoms with Crippen LogP contribution in [0.5, 0.6) is 17.2 Å². The molecule has 0 unspecified atom stereocenters. The maximum absolute atomic E-state index is 5.81. The largest absolute Gasteiger partial charge is 0.497 e. The summed E-state index contributed by atoms with van der Waals surface area (Å²) in [6, 6.07) is 15.6. The Morgan fingerprint density at radius 1 is 0.957 bits per heavy atom. The lowest BCUT2D eigenvalue weighted by molar-refractivity contribution is 0.413. The second kappa shape index (κ2) is 8.68. The average Bonchev–Trinajstić information content (AvgIpc) is 2.61. The minimum absolute atomic E-state index is 0.790. The number of nitrogens with one attached hydrogen (secondary N) is 2. The van der Waals surface area contributed by atoms with Crippen LogP contribution in [-0.4, -0.2) is 33.7 Å². The molecule has 2 aromatic rings. The van der Waals surface area contributed by atoms with E-state index in [1.165, 1.54) is 5.56 Å². The van der Waals surface area contributed by atoms with E-state index >= 15 is 0 Å². The van der Waals surface area contributed by atoms with Gasteiger partial charge in [0.05, 0.1) is 7.11 Å². The highest BCUT2D eigenvalue weighted by atomic mass is 16.5. The number of rotatable bonds is 6. The number of ether oxygens (including phenoxy) is 2. The Hall–Kier alpha value is -2.69. The molecule has 5 nitrogen and oxygen atoms in total. The molecular formula is C18H23N3O2. The van der Waals surface area contributed by atoms with E-state index in [2.05, 4.69) is 27.8 Å². The van der Waals surface area contributed by atoms with Crippen LogP contribution in [0.3, 0.4) is 0 Å². The summed E-state index contributed by atoms with van der Waals surface area (Å²) in [5.41, 5.74) is 1.24. The fraction of sp³-hybridized carbons (Fsp3) is 0.278. The molecule has 0 amide bonds. The highest BCUT2D eigenvalue weighted by Crippen LogP contribution is 2.24. The van der Waals surface area contributed by atoms with Gasteiger partial charge in [-0.15, -0.1) is 0 Å². The Balaban J connectivity index is 1.86. The molecule has 0 saturated carbocycles. The standard InChI is InChI=1S/C18H23N3O2/c1-19-18(20-2)21-13-12-14-4-6-16(7-5-14)23-17-10-8-15(22-3)9-11-17/h4-11H,12-13H2,1-3H3,(H2,19,20,21). The predicted molar refractivity (Wildman–Crippen MR) is 93.6 cm³/mol. The molecule has 0 atom stereocenters. The van der Waals surface area contributed by atoms with E-state index < -0.39 is 0 Å². The lowest BCUT2D eigenvalue weighted by Gasteiger charge is -2.09. The molecule has 5 heteroatoms. The van der Waals surface area contributed by atoms with E-state index in [4.69, 9.17) is 9.47 Å². The number of hydrogen-bond acceptors (Lipinski definition) is 3. The van der Waals surface area contributed by atoms with Crippen molar-refractivity contribution in [2.24, 2.45) is 4.99 Å². The van der Waals surface area contributed by atoms with Crippen molar-refractivity contribution in [2.45, 2.75) is 6.42 Å². The molecule has 2 N–H and O–H groups in total. The third-order valence-corrected chi connectivity index (χ3v) is 3.39. The van der Waals surface area contributed by atoms with Crippen molar-refractivity contribution >= 4 is 5.96 Å². The van der Waals surface area contributed by atoms with Crippen LogP contribution in [0.4, 0.5) is 0 Å². The van der Waals surface area contributed by atoms with E-state index in [0.717, 1.165) is 36.2 Å². The lowest BCUT2D eigenvalue weighted by atomic mass is 10.1. The van der Waals surface area contributed by atoms with Crippen molar-refractivity contribution in [1.82, 2.24) is 10.6 Å². The quantitative estimate of drug-likeness (QED) is 0.636. The second-order valence-electron chi connectivity index (χ2n) is 4.92. The van der Waals surface area contributed by atoms with Gasteiger partial charge in [0.2, 0.25) is 0 Å². The van der Waals surface area contributed by atoms with Gasteiger partial charge in [0, 0.05) is 20.6 Å². The number of methoxy groups -OCH3 is 1. The molecule has 0 fully saturated rings. The summed E-state index contributed by atoms with van der Waals surface area (Å²) < 4.78 is 10.9. The summed E-state index contributed by atoms with van der Waals surface area (Å²) in [7, 11) is 5.25. The van der Waals surface area contributed by atoms with Crippen LogP contribution in [-0.2, 0) is 6.42 Å². The third-order valence-electron chi connectivity index (χ3n) is 3.39. The first-order chi connectivity index (χ1) is 11.2. The van der Waals surface area contributed by atoms with E-state index in [1.807, 2.05) is 43.4 Å². The van der Waals surface area contributed by atoms with Gasteiger partial charge in [-0.2, -0.15) is 0 Å². The summed E-state index contributed by atoms with van der Waals surface area (Å²) in [4.78, 5) is 4.08. The second-order valence-corrected chi connectivity index (χ2v) is 4.92. The van der Waals surface area contributed by atoms with Crippen molar-refractivity contribution in [2.75, 3.05) is 27.7 Å². The zero-order valence-corrected chi connectivity index (χ0v) is 13.8. The topological polar surface area (TPSA) is 54.9 Å². The molecule has 2 rings (SSSR count). The molecule has 0 aliphatic carbocycles. The minimum atomic E-state index is 0.790. The van der Waals surface area contributed by atoms with Crippen molar-refractivity contribution in [3.8, 4) is 17.2 Å². The van der Waals surface area contributed by atoms with Gasteiger partial charge in [0.25, 0.3) is 0 Å². The summed E-state index contributed by atoms with van der Waals surface area (Å²) in [6.07, 6.45) is 0.920. The SMILES string of the molecule is CN=C(NC)NCCc1ccc(Oc2ccc(OC)cc2)cc1. The van der Waals surface area contributed by atoms with Crippen molar-refractivity contribution < 1.29 is 9.47 Å². The molecule has 23 heavy (non-hydrogen) atoms. The van der Waals surface area contributed by atoms with Gasteiger partial charge in [0.15, 0.2) is 5.96 Å². The Labute approximate surface area is 137 Å². The zero-order valence-electron chi connectivity index (χ0n) is 13.8. The van der Waals surface area contributed by atoms with E-state index in [0.29, 0.717) is 0 Å². The first kappa shape index (κ1) is 16.7. The number of guanidine groups is 1. The van der Waals surface area contributed by atoms with Crippen LogP contribution in [0.15, 0.2) is 53.5 Å². The number of hydrogen-bond donors (Lipinski definition) is 2. The van der Waals surface area contributed by atoms with Crippen LogP contribution in [0.1, 0.15) is 5.56 Å². The van der Waals surface area contributed by atoms with E-state index in [9.17, 15) is 0 Å². The highest BCUT2D eigenvalue weighted by Gasteiger charge is 2.00. The summed E-state index contributed by atoms with van der Waals surface area (Å²) in [6.45, 7) is 0.826. The van der Waals surface area contributed by atoms with Crippen molar-refractivity contribution in [1.29, 1.82) is 0 Å². The number of aliphatic imine (C=N–C) groups is 1. The lowest BCUT2D eigenvalue weighted by Crippen LogP contribution is -2.35. The zero-order chi connectivity index (χ0) is 16.5. The predicted octanol–water partition coefficient (Wildman–Crippen LogP) is 2.82.